The first-order valence-corrected chi connectivity index (χ1v) is 8.73. The molecule has 0 aliphatic heterocycles. The van der Waals surface area contributed by atoms with Crippen LogP contribution >= 0.6 is 11.6 Å². The Morgan fingerprint density at radius 3 is 2.38 bits per heavy atom. The maximum absolute atomic E-state index is 12.6. The lowest BCUT2D eigenvalue weighted by Gasteiger charge is -2.24. The summed E-state index contributed by atoms with van der Waals surface area (Å²) in [6, 6.07) is 16.1. The van der Waals surface area contributed by atoms with Gasteiger partial charge in [-0.15, -0.1) is 0 Å². The molecule has 1 fully saturated rings. The molecule has 0 saturated heterocycles. The molecule has 24 heavy (non-hydrogen) atoms. The number of carbonyl (C=O) groups excluding carboxylic acids is 1. The van der Waals surface area contributed by atoms with E-state index in [4.69, 9.17) is 11.6 Å². The van der Waals surface area contributed by atoms with Gasteiger partial charge in [0.2, 0.25) is 0 Å². The molecule has 4 heteroatoms. The van der Waals surface area contributed by atoms with Crippen LogP contribution in [-0.4, -0.2) is 18.0 Å². The van der Waals surface area contributed by atoms with Gasteiger partial charge in [-0.2, -0.15) is 0 Å². The molecule has 2 amide bonds. The molecule has 0 spiro atoms. The van der Waals surface area contributed by atoms with E-state index in [1.807, 2.05) is 31.3 Å². The number of nitrogens with zero attached hydrogens (tertiary/aromatic N) is 1. The van der Waals surface area contributed by atoms with Gasteiger partial charge in [-0.25, -0.2) is 4.79 Å². The molecule has 2 aromatic carbocycles. The minimum absolute atomic E-state index is 0.0394. The first kappa shape index (κ1) is 16.8. The first-order chi connectivity index (χ1) is 11.5. The van der Waals surface area contributed by atoms with Crippen molar-refractivity contribution in [2.24, 2.45) is 5.92 Å². The van der Waals surface area contributed by atoms with Gasteiger partial charge in [0.1, 0.15) is 0 Å². The number of amides is 2. The lowest BCUT2D eigenvalue weighted by Crippen LogP contribution is -2.39. The molecule has 3 rings (SSSR count). The molecule has 126 valence electrons. The lowest BCUT2D eigenvalue weighted by atomic mass is 10.0. The average Bonchev–Trinajstić information content (AvgIpc) is 3.40. The Labute approximate surface area is 148 Å². The van der Waals surface area contributed by atoms with Crippen LogP contribution in [0, 0.1) is 12.8 Å². The summed E-state index contributed by atoms with van der Waals surface area (Å²) in [5.41, 5.74) is 3.48. The van der Waals surface area contributed by atoms with Gasteiger partial charge in [0, 0.05) is 18.6 Å². The van der Waals surface area contributed by atoms with Crippen molar-refractivity contribution in [2.45, 2.75) is 32.4 Å². The number of urea groups is 1. The first-order valence-electron chi connectivity index (χ1n) is 8.35. The number of aryl methyl sites for hydroxylation is 1. The fourth-order valence-corrected chi connectivity index (χ4v) is 2.98. The lowest BCUT2D eigenvalue weighted by molar-refractivity contribution is 0.201. The number of rotatable bonds is 5. The van der Waals surface area contributed by atoms with Gasteiger partial charge < -0.3 is 10.2 Å². The zero-order valence-electron chi connectivity index (χ0n) is 14.1. The molecule has 1 N–H and O–H groups in total. The van der Waals surface area contributed by atoms with Crippen LogP contribution < -0.4 is 5.32 Å². The molecule has 1 aliphatic carbocycles. The van der Waals surface area contributed by atoms with Crippen molar-refractivity contribution >= 4 is 17.6 Å². The monoisotopic (exact) mass is 342 g/mol. The number of halogens is 1. The molecule has 1 atom stereocenters. The third kappa shape index (κ3) is 4.30. The minimum atomic E-state index is -0.0394. The fraction of sp³-hybridized carbons (Fsp3) is 0.350. The Morgan fingerprint density at radius 1 is 1.17 bits per heavy atom. The van der Waals surface area contributed by atoms with Gasteiger partial charge in [0.05, 0.1) is 6.04 Å². The van der Waals surface area contributed by atoms with E-state index in [1.165, 1.54) is 5.56 Å². The minimum Gasteiger partial charge on any atom is -0.331 e. The summed E-state index contributed by atoms with van der Waals surface area (Å²) in [6.07, 6.45) is 2.32. The standard InChI is InChI=1S/C20H23ClN2O/c1-14-3-5-15(6-4-14)13-23(2)20(24)22-19(16-7-8-16)17-9-11-18(21)12-10-17/h3-6,9-12,16,19H,7-8,13H2,1-2H3,(H,22,24)/t19-/m1/s1. The smallest absolute Gasteiger partial charge is 0.317 e. The number of benzene rings is 2. The molecule has 0 heterocycles. The van der Waals surface area contributed by atoms with Crippen LogP contribution in [0.3, 0.4) is 0 Å². The summed E-state index contributed by atoms with van der Waals surface area (Å²) in [6.45, 7) is 2.66. The summed E-state index contributed by atoms with van der Waals surface area (Å²) in [4.78, 5) is 14.3. The molecule has 2 aromatic rings. The van der Waals surface area contributed by atoms with Crippen molar-refractivity contribution in [3.63, 3.8) is 0 Å². The van der Waals surface area contributed by atoms with Crippen molar-refractivity contribution in [3.05, 3.63) is 70.2 Å². The number of hydrogen-bond acceptors (Lipinski definition) is 1. The van der Waals surface area contributed by atoms with Crippen molar-refractivity contribution < 1.29 is 4.79 Å². The number of hydrogen-bond donors (Lipinski definition) is 1. The van der Waals surface area contributed by atoms with Crippen LogP contribution in [0.15, 0.2) is 48.5 Å². The molecule has 3 nitrogen and oxygen atoms in total. The number of nitrogens with one attached hydrogen (secondary N) is 1. The van der Waals surface area contributed by atoms with Crippen LogP contribution in [0.5, 0.6) is 0 Å². The Morgan fingerprint density at radius 2 is 1.79 bits per heavy atom. The molecular formula is C20H23ClN2O. The summed E-state index contributed by atoms with van der Waals surface area (Å²) >= 11 is 5.97. The van der Waals surface area contributed by atoms with E-state index >= 15 is 0 Å². The highest BCUT2D eigenvalue weighted by Crippen LogP contribution is 2.41. The second-order valence-electron chi connectivity index (χ2n) is 6.66. The van der Waals surface area contributed by atoms with Gasteiger partial charge >= 0.3 is 6.03 Å². The Bertz CT molecular complexity index is 693. The quantitative estimate of drug-likeness (QED) is 0.820. The third-order valence-electron chi connectivity index (χ3n) is 4.49. The van der Waals surface area contributed by atoms with Crippen LogP contribution in [-0.2, 0) is 6.54 Å². The maximum atomic E-state index is 12.6. The second-order valence-corrected chi connectivity index (χ2v) is 7.09. The topological polar surface area (TPSA) is 32.3 Å². The van der Waals surface area contributed by atoms with Crippen LogP contribution in [0.4, 0.5) is 4.79 Å². The Balaban J connectivity index is 1.64. The van der Waals surface area contributed by atoms with Crippen molar-refractivity contribution in [2.75, 3.05) is 7.05 Å². The Kier molecular flexibility index (Phi) is 5.10. The van der Waals surface area contributed by atoms with Crippen molar-refractivity contribution in [3.8, 4) is 0 Å². The summed E-state index contributed by atoms with van der Waals surface area (Å²) in [5, 5.41) is 3.91. The van der Waals surface area contributed by atoms with Crippen molar-refractivity contribution in [1.29, 1.82) is 0 Å². The predicted octanol–water partition coefficient (Wildman–Crippen LogP) is 4.94. The van der Waals surface area contributed by atoms with E-state index in [-0.39, 0.29) is 12.1 Å². The number of carbonyl (C=O) groups is 1. The molecule has 1 saturated carbocycles. The normalized spacial score (nSPS) is 15.0. The second kappa shape index (κ2) is 7.27. The van der Waals surface area contributed by atoms with Gasteiger partial charge in [-0.3, -0.25) is 0 Å². The van der Waals surface area contributed by atoms with Crippen LogP contribution in [0.1, 0.15) is 35.6 Å². The third-order valence-corrected chi connectivity index (χ3v) is 4.74. The molecule has 0 bridgehead atoms. The molecule has 0 aromatic heterocycles. The van der Waals surface area contributed by atoms with Gasteiger partial charge in [-0.1, -0.05) is 53.6 Å². The Hall–Kier alpha value is -2.00. The fourth-order valence-electron chi connectivity index (χ4n) is 2.86. The van der Waals surface area contributed by atoms with Crippen LogP contribution in [0.25, 0.3) is 0 Å². The van der Waals surface area contributed by atoms with E-state index in [0.717, 1.165) is 29.0 Å². The highest BCUT2D eigenvalue weighted by molar-refractivity contribution is 6.30. The maximum Gasteiger partial charge on any atom is 0.317 e. The molecule has 0 unspecified atom stereocenters. The SMILES string of the molecule is Cc1ccc(CN(C)C(=O)N[C@@H](c2ccc(Cl)cc2)C2CC2)cc1. The van der Waals surface area contributed by atoms with Gasteiger partial charge in [-0.05, 0) is 48.9 Å². The van der Waals surface area contributed by atoms with Gasteiger partial charge in [0.15, 0.2) is 0 Å². The summed E-state index contributed by atoms with van der Waals surface area (Å²) in [5.74, 6) is 0.530. The highest BCUT2D eigenvalue weighted by atomic mass is 35.5. The van der Waals surface area contributed by atoms with E-state index in [0.29, 0.717) is 12.5 Å². The highest BCUT2D eigenvalue weighted by Gasteiger charge is 2.33. The van der Waals surface area contributed by atoms with E-state index in [2.05, 4.69) is 36.5 Å². The summed E-state index contributed by atoms with van der Waals surface area (Å²) in [7, 11) is 1.83. The van der Waals surface area contributed by atoms with Crippen LogP contribution in [0.2, 0.25) is 5.02 Å². The van der Waals surface area contributed by atoms with E-state index < -0.39 is 0 Å². The van der Waals surface area contributed by atoms with Crippen molar-refractivity contribution in [1.82, 2.24) is 10.2 Å². The summed E-state index contributed by atoms with van der Waals surface area (Å²) < 4.78 is 0. The molecule has 0 radical (unpaired) electrons. The zero-order chi connectivity index (χ0) is 17.1. The largest absolute Gasteiger partial charge is 0.331 e. The van der Waals surface area contributed by atoms with Gasteiger partial charge in [0.25, 0.3) is 0 Å². The predicted molar refractivity (Wildman–Crippen MR) is 98.1 cm³/mol. The zero-order valence-corrected chi connectivity index (χ0v) is 14.9. The molecule has 1 aliphatic rings. The van der Waals surface area contributed by atoms with E-state index in [1.54, 1.807) is 4.90 Å². The molecular weight excluding hydrogens is 320 g/mol. The average molecular weight is 343 g/mol. The van der Waals surface area contributed by atoms with E-state index in [9.17, 15) is 4.79 Å².